The Morgan fingerprint density at radius 2 is 1.86 bits per heavy atom. The normalized spacial score (nSPS) is 12.0. The molecule has 0 amide bonds. The van der Waals surface area contributed by atoms with Crippen molar-refractivity contribution in [1.29, 1.82) is 0 Å². The predicted molar refractivity (Wildman–Crippen MR) is 92.1 cm³/mol. The number of aromatic nitrogens is 2. The molecule has 0 unspecified atom stereocenters. The second-order valence-electron chi connectivity index (χ2n) is 6.61. The van der Waals surface area contributed by atoms with E-state index in [-0.39, 0.29) is 5.54 Å². The lowest BCUT2D eigenvalue weighted by Gasteiger charge is -2.21. The van der Waals surface area contributed by atoms with E-state index in [1.165, 1.54) is 11.1 Å². The van der Waals surface area contributed by atoms with Crippen molar-refractivity contribution >= 4 is 15.9 Å². The van der Waals surface area contributed by atoms with Crippen LogP contribution in [0.1, 0.15) is 43.3 Å². The maximum absolute atomic E-state index is 4.59. The first-order chi connectivity index (χ1) is 9.69. The number of nitrogens with zero attached hydrogens (tertiary/aromatic N) is 2. The van der Waals surface area contributed by atoms with Gasteiger partial charge in [-0.25, -0.2) is 4.68 Å². The van der Waals surface area contributed by atoms with Gasteiger partial charge in [0.05, 0.1) is 21.5 Å². The Bertz CT molecular complexity index is 651. The van der Waals surface area contributed by atoms with Crippen molar-refractivity contribution in [2.24, 2.45) is 0 Å². The second kappa shape index (κ2) is 5.93. The molecular weight excluding hydrogens is 326 g/mol. The number of hydrogen-bond donors (Lipinski definition) is 1. The summed E-state index contributed by atoms with van der Waals surface area (Å²) >= 11 is 3.58. The molecule has 0 bridgehead atoms. The fourth-order valence-corrected chi connectivity index (χ4v) is 2.49. The zero-order chi connectivity index (χ0) is 15.8. The van der Waals surface area contributed by atoms with Gasteiger partial charge in [-0.1, -0.05) is 6.07 Å². The topological polar surface area (TPSA) is 29.9 Å². The molecule has 2 aromatic rings. The Morgan fingerprint density at radius 3 is 2.33 bits per heavy atom. The molecule has 0 aliphatic carbocycles. The van der Waals surface area contributed by atoms with Crippen molar-refractivity contribution in [3.8, 4) is 5.69 Å². The molecule has 0 aliphatic rings. The molecule has 0 saturated heterocycles. The first-order valence-corrected chi connectivity index (χ1v) is 8.05. The van der Waals surface area contributed by atoms with Gasteiger partial charge in [-0.3, -0.25) is 0 Å². The van der Waals surface area contributed by atoms with Gasteiger partial charge in [-0.05, 0) is 80.7 Å². The lowest BCUT2D eigenvalue weighted by Crippen LogP contribution is -2.35. The molecule has 1 aromatic carbocycles. The van der Waals surface area contributed by atoms with E-state index in [0.29, 0.717) is 0 Å². The Labute approximate surface area is 135 Å². The summed E-state index contributed by atoms with van der Waals surface area (Å²) in [5, 5.41) is 8.12. The van der Waals surface area contributed by atoms with Gasteiger partial charge in [0.2, 0.25) is 0 Å². The van der Waals surface area contributed by atoms with E-state index in [1.54, 1.807) is 0 Å². The molecule has 1 N–H and O–H groups in total. The van der Waals surface area contributed by atoms with E-state index in [0.717, 1.165) is 28.1 Å². The molecule has 1 aromatic heterocycles. The minimum atomic E-state index is 0.131. The van der Waals surface area contributed by atoms with E-state index < -0.39 is 0 Å². The zero-order valence-electron chi connectivity index (χ0n) is 13.7. The van der Waals surface area contributed by atoms with Gasteiger partial charge in [-0.15, -0.1) is 0 Å². The van der Waals surface area contributed by atoms with Crippen LogP contribution in [-0.2, 0) is 6.54 Å². The molecule has 3 nitrogen and oxygen atoms in total. The number of nitrogens with one attached hydrogen (secondary N) is 1. The summed E-state index contributed by atoms with van der Waals surface area (Å²) in [6, 6.07) is 6.53. The fourth-order valence-electron chi connectivity index (χ4n) is 2.25. The summed E-state index contributed by atoms with van der Waals surface area (Å²) in [5.74, 6) is 0. The van der Waals surface area contributed by atoms with Crippen molar-refractivity contribution in [3.05, 3.63) is 45.2 Å². The number of aryl methyl sites for hydroxylation is 2. The van der Waals surface area contributed by atoms with Gasteiger partial charge in [0, 0.05) is 12.1 Å². The second-order valence-corrected chi connectivity index (χ2v) is 7.40. The minimum Gasteiger partial charge on any atom is -0.308 e. The van der Waals surface area contributed by atoms with E-state index in [9.17, 15) is 0 Å². The summed E-state index contributed by atoms with van der Waals surface area (Å²) in [5.41, 5.74) is 6.00. The highest BCUT2D eigenvalue weighted by molar-refractivity contribution is 9.10. The number of benzene rings is 1. The molecule has 4 heteroatoms. The SMILES string of the molecule is Cc1cc(-n2nc(C)c(Br)c2C)ccc1CNC(C)(C)C. The number of halogens is 1. The van der Waals surface area contributed by atoms with Crippen LogP contribution < -0.4 is 5.32 Å². The first-order valence-electron chi connectivity index (χ1n) is 7.25. The lowest BCUT2D eigenvalue weighted by molar-refractivity contribution is 0.424. The summed E-state index contributed by atoms with van der Waals surface area (Å²) in [6.07, 6.45) is 0. The standard InChI is InChI=1S/C17H24BrN3/c1-11-9-15(21-13(3)16(18)12(2)20-21)8-7-14(11)10-19-17(4,5)6/h7-9,19H,10H2,1-6H3. The molecule has 114 valence electrons. The Hall–Kier alpha value is -1.13. The molecule has 21 heavy (non-hydrogen) atoms. The number of rotatable bonds is 3. The highest BCUT2D eigenvalue weighted by atomic mass is 79.9. The van der Waals surface area contributed by atoms with E-state index in [1.807, 2.05) is 11.6 Å². The van der Waals surface area contributed by atoms with Crippen LogP contribution >= 0.6 is 15.9 Å². The third-order valence-electron chi connectivity index (χ3n) is 3.58. The maximum Gasteiger partial charge on any atom is 0.0743 e. The molecule has 0 spiro atoms. The zero-order valence-corrected chi connectivity index (χ0v) is 15.3. The maximum atomic E-state index is 4.59. The van der Waals surface area contributed by atoms with Crippen LogP contribution in [0.5, 0.6) is 0 Å². The van der Waals surface area contributed by atoms with E-state index >= 15 is 0 Å². The monoisotopic (exact) mass is 349 g/mol. The Kier molecular flexibility index (Phi) is 4.59. The van der Waals surface area contributed by atoms with Gasteiger partial charge < -0.3 is 5.32 Å². The molecule has 0 fully saturated rings. The van der Waals surface area contributed by atoms with Crippen molar-refractivity contribution in [1.82, 2.24) is 15.1 Å². The number of hydrogen-bond acceptors (Lipinski definition) is 2. The van der Waals surface area contributed by atoms with Gasteiger partial charge in [0.25, 0.3) is 0 Å². The summed E-state index contributed by atoms with van der Waals surface area (Å²) in [7, 11) is 0. The van der Waals surface area contributed by atoms with E-state index in [4.69, 9.17) is 0 Å². The lowest BCUT2D eigenvalue weighted by atomic mass is 10.0. The Morgan fingerprint density at radius 1 is 1.19 bits per heavy atom. The van der Waals surface area contributed by atoms with Gasteiger partial charge in [-0.2, -0.15) is 5.10 Å². The minimum absolute atomic E-state index is 0.131. The molecule has 2 rings (SSSR count). The third-order valence-corrected chi connectivity index (χ3v) is 4.73. The quantitative estimate of drug-likeness (QED) is 0.886. The summed E-state index contributed by atoms with van der Waals surface area (Å²) in [4.78, 5) is 0. The van der Waals surface area contributed by atoms with Crippen LogP contribution in [0.2, 0.25) is 0 Å². The average molecular weight is 350 g/mol. The molecule has 0 saturated carbocycles. The van der Waals surface area contributed by atoms with Gasteiger partial charge >= 0.3 is 0 Å². The summed E-state index contributed by atoms with van der Waals surface area (Å²) < 4.78 is 3.08. The van der Waals surface area contributed by atoms with Crippen LogP contribution in [0.3, 0.4) is 0 Å². The van der Waals surface area contributed by atoms with Crippen LogP contribution in [0.25, 0.3) is 5.69 Å². The first kappa shape index (κ1) is 16.2. The largest absolute Gasteiger partial charge is 0.308 e. The molecule has 1 heterocycles. The van der Waals surface area contributed by atoms with Crippen molar-refractivity contribution < 1.29 is 0 Å². The van der Waals surface area contributed by atoms with Crippen LogP contribution in [0.4, 0.5) is 0 Å². The average Bonchev–Trinajstić information content (AvgIpc) is 2.64. The van der Waals surface area contributed by atoms with Crippen LogP contribution in [-0.4, -0.2) is 15.3 Å². The third kappa shape index (κ3) is 3.74. The predicted octanol–water partition coefficient (Wildman–Crippen LogP) is 4.45. The molecule has 0 aliphatic heterocycles. The summed E-state index contributed by atoms with van der Waals surface area (Å²) in [6.45, 7) is 13.7. The van der Waals surface area contributed by atoms with Crippen molar-refractivity contribution in [2.45, 2.75) is 53.6 Å². The van der Waals surface area contributed by atoms with Gasteiger partial charge in [0.1, 0.15) is 0 Å². The van der Waals surface area contributed by atoms with Crippen LogP contribution in [0.15, 0.2) is 22.7 Å². The highest BCUT2D eigenvalue weighted by Crippen LogP contribution is 2.24. The molecule has 0 radical (unpaired) electrons. The van der Waals surface area contributed by atoms with Crippen LogP contribution in [0, 0.1) is 20.8 Å². The molecular formula is C17H24BrN3. The van der Waals surface area contributed by atoms with E-state index in [2.05, 4.69) is 79.2 Å². The van der Waals surface area contributed by atoms with Crippen molar-refractivity contribution in [3.63, 3.8) is 0 Å². The smallest absolute Gasteiger partial charge is 0.0743 e. The fraction of sp³-hybridized carbons (Fsp3) is 0.471. The molecule has 0 atom stereocenters. The van der Waals surface area contributed by atoms with Crippen molar-refractivity contribution in [2.75, 3.05) is 0 Å². The highest BCUT2D eigenvalue weighted by Gasteiger charge is 2.12. The van der Waals surface area contributed by atoms with Gasteiger partial charge in [0.15, 0.2) is 0 Å². The Balaban J connectivity index is 2.28.